The molecular formula is C10H13IN2O5. The molecule has 0 aliphatic rings. The van der Waals surface area contributed by atoms with Crippen LogP contribution in [0, 0.1) is 0 Å². The number of aromatic nitrogens is 1. The van der Waals surface area contributed by atoms with Gasteiger partial charge in [0.1, 0.15) is 10.5 Å². The van der Waals surface area contributed by atoms with Crippen molar-refractivity contribution in [3.05, 3.63) is 17.5 Å². The van der Waals surface area contributed by atoms with Gasteiger partial charge >= 0.3 is 5.97 Å². The Hall–Kier alpha value is -1.16. The van der Waals surface area contributed by atoms with Gasteiger partial charge in [-0.3, -0.25) is 9.59 Å². The van der Waals surface area contributed by atoms with Crippen LogP contribution in [0.3, 0.4) is 0 Å². The summed E-state index contributed by atoms with van der Waals surface area (Å²) in [4.78, 5) is 22.8. The number of amides is 1. The number of rotatable bonds is 6. The summed E-state index contributed by atoms with van der Waals surface area (Å²) in [6.07, 6.45) is 0. The number of nitrogens with zero attached hydrogens (tertiary/aromatic N) is 1. The number of alkyl halides is 1. The molecular weight excluding hydrogens is 355 g/mol. The van der Waals surface area contributed by atoms with Gasteiger partial charge < -0.3 is 19.3 Å². The molecule has 1 amide bonds. The molecule has 1 rings (SSSR count). The van der Waals surface area contributed by atoms with E-state index < -0.39 is 15.8 Å². The first-order chi connectivity index (χ1) is 8.58. The lowest BCUT2D eigenvalue weighted by atomic mass is 10.3. The fourth-order valence-electron chi connectivity index (χ4n) is 1.11. The molecule has 1 unspecified atom stereocenters. The first-order valence-electron chi connectivity index (χ1n) is 5.03. The fraction of sp³-hybridized carbons (Fsp3) is 0.500. The molecule has 0 radical (unpaired) electrons. The Morgan fingerprint density at radius 1 is 1.56 bits per heavy atom. The molecule has 0 aliphatic heterocycles. The second kappa shape index (κ2) is 7.31. The van der Waals surface area contributed by atoms with E-state index in [1.807, 2.05) is 22.6 Å². The van der Waals surface area contributed by atoms with E-state index in [1.54, 1.807) is 0 Å². The van der Waals surface area contributed by atoms with Crippen molar-refractivity contribution in [2.75, 3.05) is 20.8 Å². The highest BCUT2D eigenvalue weighted by molar-refractivity contribution is 14.1. The Morgan fingerprint density at radius 2 is 2.28 bits per heavy atom. The summed E-state index contributed by atoms with van der Waals surface area (Å²) in [6.45, 7) is 0.413. The molecule has 0 saturated carbocycles. The third kappa shape index (κ3) is 4.26. The first kappa shape index (κ1) is 14.9. The molecule has 1 aromatic heterocycles. The van der Waals surface area contributed by atoms with Crippen LogP contribution in [0.1, 0.15) is 16.2 Å². The van der Waals surface area contributed by atoms with Gasteiger partial charge in [-0.05, 0) is 0 Å². The number of halogens is 1. The quantitative estimate of drug-likeness (QED) is 0.448. The minimum absolute atomic E-state index is 0.149. The van der Waals surface area contributed by atoms with E-state index in [0.29, 0.717) is 5.76 Å². The number of nitrogens with one attached hydrogen (secondary N) is 1. The number of carbonyl (C=O) groups excluding carboxylic acids is 2. The van der Waals surface area contributed by atoms with Crippen LogP contribution in [0.2, 0.25) is 0 Å². The topological polar surface area (TPSA) is 90.7 Å². The average Bonchev–Trinajstić information content (AvgIpc) is 2.83. The lowest BCUT2D eigenvalue weighted by molar-refractivity contribution is -0.139. The van der Waals surface area contributed by atoms with E-state index in [0.717, 1.165) is 0 Å². The van der Waals surface area contributed by atoms with Gasteiger partial charge in [-0.2, -0.15) is 0 Å². The zero-order valence-electron chi connectivity index (χ0n) is 9.94. The van der Waals surface area contributed by atoms with E-state index in [2.05, 4.69) is 15.2 Å². The molecule has 1 aromatic rings. The SMILES string of the molecule is COCc1cc(C(=O)NCC(I)C(=O)OC)no1. The molecule has 1 atom stereocenters. The van der Waals surface area contributed by atoms with Crippen molar-refractivity contribution in [1.29, 1.82) is 0 Å². The Morgan fingerprint density at radius 3 is 2.89 bits per heavy atom. The largest absolute Gasteiger partial charge is 0.468 e. The Balaban J connectivity index is 2.47. The van der Waals surface area contributed by atoms with E-state index in [4.69, 9.17) is 9.26 Å². The first-order valence-corrected chi connectivity index (χ1v) is 6.27. The second-order valence-electron chi connectivity index (χ2n) is 3.31. The maximum atomic E-state index is 11.6. The Bertz CT molecular complexity index is 420. The van der Waals surface area contributed by atoms with E-state index >= 15 is 0 Å². The van der Waals surface area contributed by atoms with Crippen LogP contribution in [-0.2, 0) is 20.9 Å². The number of methoxy groups -OCH3 is 2. The van der Waals surface area contributed by atoms with Crippen LogP contribution in [0.5, 0.6) is 0 Å². The zero-order chi connectivity index (χ0) is 13.5. The zero-order valence-corrected chi connectivity index (χ0v) is 12.1. The molecule has 100 valence electrons. The fourth-order valence-corrected chi connectivity index (χ4v) is 1.59. The lowest BCUT2D eigenvalue weighted by Gasteiger charge is -2.07. The molecule has 8 heteroatoms. The van der Waals surface area contributed by atoms with Gasteiger partial charge in [-0.25, -0.2) is 0 Å². The molecule has 7 nitrogen and oxygen atoms in total. The lowest BCUT2D eigenvalue weighted by Crippen LogP contribution is -2.33. The third-order valence-electron chi connectivity index (χ3n) is 1.98. The van der Waals surface area contributed by atoms with E-state index in [9.17, 15) is 9.59 Å². The van der Waals surface area contributed by atoms with E-state index in [1.165, 1.54) is 20.3 Å². The molecule has 0 bridgehead atoms. The van der Waals surface area contributed by atoms with Crippen LogP contribution in [-0.4, -0.2) is 41.7 Å². The average molecular weight is 368 g/mol. The number of esters is 1. The molecule has 1 N–H and O–H groups in total. The standard InChI is InChI=1S/C10H13IN2O5/c1-16-5-6-3-8(13-18-6)9(14)12-4-7(11)10(15)17-2/h3,7H,4-5H2,1-2H3,(H,12,14). The van der Waals surface area contributed by atoms with Crippen molar-refractivity contribution in [1.82, 2.24) is 10.5 Å². The van der Waals surface area contributed by atoms with Crippen molar-refractivity contribution >= 4 is 34.5 Å². The van der Waals surface area contributed by atoms with Crippen LogP contribution < -0.4 is 5.32 Å². The summed E-state index contributed by atoms with van der Waals surface area (Å²) >= 11 is 1.89. The molecule has 0 aliphatic carbocycles. The number of carbonyl (C=O) groups is 2. The van der Waals surface area contributed by atoms with Gasteiger partial charge in [0, 0.05) is 19.7 Å². The predicted octanol–water partition coefficient (Wildman–Crippen LogP) is 0.527. The Labute approximate surface area is 117 Å². The van der Waals surface area contributed by atoms with Gasteiger partial charge in [-0.1, -0.05) is 27.7 Å². The van der Waals surface area contributed by atoms with Crippen molar-refractivity contribution in [2.45, 2.75) is 10.5 Å². The van der Waals surface area contributed by atoms with Crippen LogP contribution in [0.4, 0.5) is 0 Å². The van der Waals surface area contributed by atoms with Crippen molar-refractivity contribution < 1.29 is 23.6 Å². The highest BCUT2D eigenvalue weighted by Gasteiger charge is 2.18. The number of hydrogen-bond acceptors (Lipinski definition) is 6. The predicted molar refractivity (Wildman–Crippen MR) is 69.4 cm³/mol. The van der Waals surface area contributed by atoms with Crippen molar-refractivity contribution in [2.24, 2.45) is 0 Å². The minimum Gasteiger partial charge on any atom is -0.468 e. The monoisotopic (exact) mass is 368 g/mol. The smallest absolute Gasteiger partial charge is 0.320 e. The number of hydrogen-bond donors (Lipinski definition) is 1. The normalized spacial score (nSPS) is 11.9. The van der Waals surface area contributed by atoms with Gasteiger partial charge in [0.2, 0.25) is 0 Å². The summed E-state index contributed by atoms with van der Waals surface area (Å²) in [5.41, 5.74) is 0.149. The molecule has 0 fully saturated rings. The summed E-state index contributed by atoms with van der Waals surface area (Å²) in [5.74, 6) is -0.343. The Kier molecular flexibility index (Phi) is 6.05. The summed E-state index contributed by atoms with van der Waals surface area (Å²) in [5, 5.41) is 6.15. The second-order valence-corrected chi connectivity index (χ2v) is 4.82. The molecule has 0 aromatic carbocycles. The highest BCUT2D eigenvalue weighted by Crippen LogP contribution is 2.06. The number of ether oxygens (including phenoxy) is 2. The van der Waals surface area contributed by atoms with Gasteiger partial charge in [-0.15, -0.1) is 0 Å². The van der Waals surface area contributed by atoms with Gasteiger partial charge in [0.15, 0.2) is 11.5 Å². The van der Waals surface area contributed by atoms with Crippen LogP contribution in [0.15, 0.2) is 10.6 Å². The van der Waals surface area contributed by atoms with Crippen molar-refractivity contribution in [3.63, 3.8) is 0 Å². The minimum atomic E-state index is -0.443. The van der Waals surface area contributed by atoms with Gasteiger partial charge in [0.05, 0.1) is 7.11 Å². The summed E-state index contributed by atoms with van der Waals surface area (Å²) < 4.78 is 13.8. The van der Waals surface area contributed by atoms with Crippen LogP contribution in [0.25, 0.3) is 0 Å². The molecule has 0 spiro atoms. The summed E-state index contributed by atoms with van der Waals surface area (Å²) in [6, 6.07) is 1.49. The van der Waals surface area contributed by atoms with Crippen molar-refractivity contribution in [3.8, 4) is 0 Å². The molecule has 18 heavy (non-hydrogen) atoms. The van der Waals surface area contributed by atoms with E-state index in [-0.39, 0.29) is 18.8 Å². The third-order valence-corrected chi connectivity index (χ3v) is 2.93. The molecule has 1 heterocycles. The molecule has 0 saturated heterocycles. The summed E-state index contributed by atoms with van der Waals surface area (Å²) in [7, 11) is 2.81. The van der Waals surface area contributed by atoms with Crippen LogP contribution >= 0.6 is 22.6 Å². The maximum absolute atomic E-state index is 11.6. The maximum Gasteiger partial charge on any atom is 0.320 e. The van der Waals surface area contributed by atoms with Gasteiger partial charge in [0.25, 0.3) is 5.91 Å². The highest BCUT2D eigenvalue weighted by atomic mass is 127.